The predicted molar refractivity (Wildman–Crippen MR) is 70.1 cm³/mol. The zero-order valence-corrected chi connectivity index (χ0v) is 11.1. The molecule has 98 valence electrons. The summed E-state index contributed by atoms with van der Waals surface area (Å²) in [4.78, 5) is 13.7. The molecule has 0 aliphatic carbocycles. The van der Waals surface area contributed by atoms with E-state index in [1.54, 1.807) is 11.8 Å². The summed E-state index contributed by atoms with van der Waals surface area (Å²) in [7, 11) is 0. The molecule has 0 radical (unpaired) electrons. The van der Waals surface area contributed by atoms with Gasteiger partial charge >= 0.3 is 0 Å². The van der Waals surface area contributed by atoms with Crippen LogP contribution in [-0.2, 0) is 9.53 Å². The van der Waals surface area contributed by atoms with Crippen LogP contribution < -0.4 is 5.73 Å². The molecular weight excluding hydrogens is 236 g/mol. The highest BCUT2D eigenvalue weighted by Gasteiger charge is 2.23. The van der Waals surface area contributed by atoms with Crippen LogP contribution in [0.5, 0.6) is 0 Å². The molecule has 2 aliphatic heterocycles. The minimum atomic E-state index is 0.186. The summed E-state index contributed by atoms with van der Waals surface area (Å²) >= 11 is 1.70. The molecule has 2 aliphatic rings. The summed E-state index contributed by atoms with van der Waals surface area (Å²) in [6.07, 6.45) is 4.91. The van der Waals surface area contributed by atoms with Crippen molar-refractivity contribution in [2.24, 2.45) is 5.73 Å². The number of hydrogen-bond acceptors (Lipinski definition) is 4. The number of ether oxygens (including phenoxy) is 1. The first-order valence-corrected chi connectivity index (χ1v) is 7.64. The van der Waals surface area contributed by atoms with E-state index in [9.17, 15) is 4.79 Å². The van der Waals surface area contributed by atoms with Crippen molar-refractivity contribution in [1.82, 2.24) is 4.90 Å². The Kier molecular flexibility index (Phi) is 5.13. The maximum Gasteiger partial charge on any atom is 0.232 e. The molecule has 1 amide bonds. The summed E-state index contributed by atoms with van der Waals surface area (Å²) in [5, 5.41) is 0. The predicted octanol–water partition coefficient (Wildman–Crippen LogP) is 0.848. The van der Waals surface area contributed by atoms with Crippen molar-refractivity contribution in [2.45, 2.75) is 37.8 Å². The smallest absolute Gasteiger partial charge is 0.232 e. The highest BCUT2D eigenvalue weighted by Crippen LogP contribution is 2.18. The Bertz CT molecular complexity index is 257. The highest BCUT2D eigenvalue weighted by molar-refractivity contribution is 7.99. The van der Waals surface area contributed by atoms with Gasteiger partial charge in [0, 0.05) is 31.5 Å². The van der Waals surface area contributed by atoms with E-state index in [2.05, 4.69) is 0 Å². The Balaban J connectivity index is 1.59. The molecule has 4 nitrogen and oxygen atoms in total. The summed E-state index contributed by atoms with van der Waals surface area (Å²) in [5.41, 5.74) is 5.79. The van der Waals surface area contributed by atoms with Gasteiger partial charge in [-0.2, -0.15) is 0 Å². The zero-order chi connectivity index (χ0) is 12.1. The van der Waals surface area contributed by atoms with Gasteiger partial charge in [-0.1, -0.05) is 0 Å². The molecule has 0 bridgehead atoms. The number of carbonyl (C=O) groups is 1. The Morgan fingerprint density at radius 2 is 2.29 bits per heavy atom. The van der Waals surface area contributed by atoms with Crippen molar-refractivity contribution < 1.29 is 9.53 Å². The molecule has 1 unspecified atom stereocenters. The number of nitrogens with two attached hydrogens (primary N) is 1. The molecule has 2 fully saturated rings. The molecule has 2 rings (SSSR count). The number of hydrogen-bond donors (Lipinski definition) is 1. The fraction of sp³-hybridized carbons (Fsp3) is 0.917. The lowest BCUT2D eigenvalue weighted by molar-refractivity contribution is -0.127. The van der Waals surface area contributed by atoms with Crippen LogP contribution >= 0.6 is 11.8 Å². The molecule has 2 atom stereocenters. The fourth-order valence-electron chi connectivity index (χ4n) is 2.32. The van der Waals surface area contributed by atoms with Gasteiger partial charge < -0.3 is 15.4 Å². The normalized spacial score (nSPS) is 29.6. The van der Waals surface area contributed by atoms with E-state index < -0.39 is 0 Å². The molecule has 2 N–H and O–H groups in total. The molecule has 17 heavy (non-hydrogen) atoms. The summed E-state index contributed by atoms with van der Waals surface area (Å²) in [6.45, 7) is 2.46. The van der Waals surface area contributed by atoms with Crippen LogP contribution in [0.2, 0.25) is 0 Å². The van der Waals surface area contributed by atoms with Gasteiger partial charge in [-0.15, -0.1) is 11.8 Å². The average Bonchev–Trinajstić information content (AvgIpc) is 2.77. The van der Waals surface area contributed by atoms with Crippen LogP contribution in [0.4, 0.5) is 0 Å². The quantitative estimate of drug-likeness (QED) is 0.812. The van der Waals surface area contributed by atoms with E-state index in [4.69, 9.17) is 10.5 Å². The van der Waals surface area contributed by atoms with E-state index in [0.29, 0.717) is 11.9 Å². The minimum Gasteiger partial charge on any atom is -0.377 e. The van der Waals surface area contributed by atoms with Gasteiger partial charge in [-0.25, -0.2) is 0 Å². The second-order valence-corrected chi connectivity index (χ2v) is 5.92. The fourth-order valence-corrected chi connectivity index (χ4v) is 3.32. The Morgan fingerprint density at radius 3 is 2.94 bits per heavy atom. The van der Waals surface area contributed by atoms with Gasteiger partial charge in [-0.3, -0.25) is 4.79 Å². The van der Waals surface area contributed by atoms with Crippen molar-refractivity contribution in [3.8, 4) is 0 Å². The number of thioether (sulfide) groups is 1. The zero-order valence-electron chi connectivity index (χ0n) is 10.3. The lowest BCUT2D eigenvalue weighted by Crippen LogP contribution is -2.33. The van der Waals surface area contributed by atoms with Crippen LogP contribution in [0.3, 0.4) is 0 Å². The Morgan fingerprint density at radius 1 is 1.41 bits per heavy atom. The van der Waals surface area contributed by atoms with E-state index in [1.807, 2.05) is 4.90 Å². The molecule has 2 heterocycles. The van der Waals surface area contributed by atoms with E-state index in [1.165, 1.54) is 12.8 Å². The van der Waals surface area contributed by atoms with E-state index in [-0.39, 0.29) is 11.9 Å². The lowest BCUT2D eigenvalue weighted by atomic mass is 10.1. The van der Waals surface area contributed by atoms with Crippen molar-refractivity contribution >= 4 is 17.7 Å². The molecule has 0 aromatic carbocycles. The van der Waals surface area contributed by atoms with Crippen LogP contribution in [0, 0.1) is 0 Å². The third-order valence-corrected chi connectivity index (χ3v) is 4.44. The molecule has 0 aromatic heterocycles. The number of rotatable bonds is 4. The molecular formula is C12H22N2O2S. The van der Waals surface area contributed by atoms with Gasteiger partial charge in [0.25, 0.3) is 0 Å². The molecule has 0 spiro atoms. The number of likely N-dealkylation sites (tertiary alicyclic amines) is 1. The van der Waals surface area contributed by atoms with Crippen molar-refractivity contribution in [3.63, 3.8) is 0 Å². The number of carbonyl (C=O) groups excluding carboxylic acids is 1. The maximum absolute atomic E-state index is 11.8. The average molecular weight is 258 g/mol. The van der Waals surface area contributed by atoms with Gasteiger partial charge in [0.2, 0.25) is 5.91 Å². The first-order valence-electron chi connectivity index (χ1n) is 6.48. The number of nitrogens with zero attached hydrogens (tertiary/aromatic N) is 1. The largest absolute Gasteiger partial charge is 0.377 e. The topological polar surface area (TPSA) is 55.6 Å². The van der Waals surface area contributed by atoms with Gasteiger partial charge in [0.05, 0.1) is 11.9 Å². The third-order valence-electron chi connectivity index (χ3n) is 3.38. The maximum atomic E-state index is 11.8. The first-order chi connectivity index (χ1) is 8.25. The molecule has 0 saturated carbocycles. The van der Waals surface area contributed by atoms with Crippen molar-refractivity contribution in [1.29, 1.82) is 0 Å². The highest BCUT2D eigenvalue weighted by atomic mass is 32.2. The van der Waals surface area contributed by atoms with Crippen LogP contribution in [-0.4, -0.2) is 54.2 Å². The second-order valence-electron chi connectivity index (χ2n) is 4.89. The summed E-state index contributed by atoms with van der Waals surface area (Å²) in [6, 6.07) is 0.186. The van der Waals surface area contributed by atoms with Crippen LogP contribution in [0.15, 0.2) is 0 Å². The van der Waals surface area contributed by atoms with E-state index >= 15 is 0 Å². The summed E-state index contributed by atoms with van der Waals surface area (Å²) in [5.74, 6) is 1.76. The standard InChI is InChI=1S/C12H22N2O2S/c13-10-4-5-14(7-10)12(15)9-17-8-11-3-1-2-6-16-11/h10-11H,1-9,13H2/t10-,11?/m1/s1. The Hall–Kier alpha value is -0.260. The summed E-state index contributed by atoms with van der Waals surface area (Å²) < 4.78 is 5.64. The van der Waals surface area contributed by atoms with Gasteiger partial charge in [0.15, 0.2) is 0 Å². The van der Waals surface area contributed by atoms with Crippen LogP contribution in [0.25, 0.3) is 0 Å². The van der Waals surface area contributed by atoms with E-state index in [0.717, 1.165) is 38.3 Å². The molecule has 2 saturated heterocycles. The SMILES string of the molecule is N[C@@H]1CCN(C(=O)CSCC2CCCCO2)C1. The van der Waals surface area contributed by atoms with Gasteiger partial charge in [-0.05, 0) is 25.7 Å². The minimum absolute atomic E-state index is 0.186. The lowest BCUT2D eigenvalue weighted by Gasteiger charge is -2.22. The number of amides is 1. The monoisotopic (exact) mass is 258 g/mol. The van der Waals surface area contributed by atoms with Crippen molar-refractivity contribution in [2.75, 3.05) is 31.2 Å². The third kappa shape index (κ3) is 4.16. The van der Waals surface area contributed by atoms with Crippen LogP contribution in [0.1, 0.15) is 25.7 Å². The molecule has 5 heteroatoms. The Labute approximate surface area is 107 Å². The van der Waals surface area contributed by atoms with Crippen molar-refractivity contribution in [3.05, 3.63) is 0 Å². The first kappa shape index (κ1) is 13.2. The molecule has 0 aromatic rings. The second kappa shape index (κ2) is 6.61. The van der Waals surface area contributed by atoms with Gasteiger partial charge in [0.1, 0.15) is 0 Å².